The number of hydrogen-bond acceptors (Lipinski definition) is 3. The first kappa shape index (κ1) is 15.3. The number of nitrogens with one attached hydrogen (secondary N) is 1. The fourth-order valence-corrected chi connectivity index (χ4v) is 4.00. The van der Waals surface area contributed by atoms with Gasteiger partial charge in [0.2, 0.25) is 0 Å². The maximum absolute atomic E-state index is 6.26. The van der Waals surface area contributed by atoms with Crippen molar-refractivity contribution in [2.24, 2.45) is 5.92 Å². The van der Waals surface area contributed by atoms with Crippen LogP contribution in [0.25, 0.3) is 0 Å². The van der Waals surface area contributed by atoms with Crippen LogP contribution in [-0.4, -0.2) is 48.3 Å². The standard InChI is InChI=1S/C16H32N2O/c1-6-17-11-13-8-7-9-18(12-13)14-10-15(2,3)19-16(14,4)5/h13-14,17H,6-12H2,1-5H3. The average Bonchev–Trinajstić information content (AvgIpc) is 2.55. The SMILES string of the molecule is CCNCC1CCCN(C2CC(C)(C)OC2(C)C)C1. The molecule has 0 aromatic heterocycles. The van der Waals surface area contributed by atoms with Gasteiger partial charge in [-0.1, -0.05) is 6.92 Å². The number of likely N-dealkylation sites (tertiary alicyclic amines) is 1. The maximum atomic E-state index is 6.26. The summed E-state index contributed by atoms with van der Waals surface area (Å²) in [4.78, 5) is 2.69. The molecule has 3 nitrogen and oxygen atoms in total. The predicted octanol–water partition coefficient (Wildman–Crippen LogP) is 2.65. The van der Waals surface area contributed by atoms with Crippen LogP contribution >= 0.6 is 0 Å². The quantitative estimate of drug-likeness (QED) is 0.848. The molecule has 0 radical (unpaired) electrons. The molecule has 2 aliphatic rings. The zero-order chi connectivity index (χ0) is 14.1. The Morgan fingerprint density at radius 1 is 1.26 bits per heavy atom. The van der Waals surface area contributed by atoms with Crippen LogP contribution in [0.3, 0.4) is 0 Å². The molecule has 0 spiro atoms. The number of piperidine rings is 1. The molecule has 2 rings (SSSR count). The van der Waals surface area contributed by atoms with Crippen LogP contribution in [0.4, 0.5) is 0 Å². The molecular weight excluding hydrogens is 236 g/mol. The molecule has 2 aliphatic heterocycles. The molecule has 0 aromatic rings. The van der Waals surface area contributed by atoms with Crippen molar-refractivity contribution in [3.8, 4) is 0 Å². The Morgan fingerprint density at radius 3 is 2.58 bits per heavy atom. The molecule has 1 N–H and O–H groups in total. The van der Waals surface area contributed by atoms with Crippen molar-refractivity contribution in [3.63, 3.8) is 0 Å². The minimum Gasteiger partial charge on any atom is -0.368 e. The third-order valence-corrected chi connectivity index (χ3v) is 4.70. The highest BCUT2D eigenvalue weighted by Gasteiger charge is 2.48. The van der Waals surface area contributed by atoms with Crippen molar-refractivity contribution in [3.05, 3.63) is 0 Å². The van der Waals surface area contributed by atoms with E-state index in [1.807, 2.05) is 0 Å². The molecule has 2 heterocycles. The zero-order valence-corrected chi connectivity index (χ0v) is 13.5. The summed E-state index contributed by atoms with van der Waals surface area (Å²) >= 11 is 0. The van der Waals surface area contributed by atoms with Crippen molar-refractivity contribution < 1.29 is 4.74 Å². The second-order valence-electron chi connectivity index (χ2n) is 7.50. The van der Waals surface area contributed by atoms with E-state index in [-0.39, 0.29) is 11.2 Å². The lowest BCUT2D eigenvalue weighted by atomic mass is 9.89. The van der Waals surface area contributed by atoms with Gasteiger partial charge < -0.3 is 10.1 Å². The summed E-state index contributed by atoms with van der Waals surface area (Å²) in [5, 5.41) is 3.51. The molecule has 0 amide bonds. The number of nitrogens with zero attached hydrogens (tertiary/aromatic N) is 1. The van der Waals surface area contributed by atoms with Gasteiger partial charge in [0.15, 0.2) is 0 Å². The van der Waals surface area contributed by atoms with Crippen molar-refractivity contribution >= 4 is 0 Å². The lowest BCUT2D eigenvalue weighted by molar-refractivity contribution is -0.0833. The van der Waals surface area contributed by atoms with Crippen LogP contribution in [0.15, 0.2) is 0 Å². The molecule has 19 heavy (non-hydrogen) atoms. The first-order valence-corrected chi connectivity index (χ1v) is 7.99. The Morgan fingerprint density at radius 2 is 2.00 bits per heavy atom. The summed E-state index contributed by atoms with van der Waals surface area (Å²) in [7, 11) is 0. The van der Waals surface area contributed by atoms with Gasteiger partial charge in [0, 0.05) is 12.6 Å². The Kier molecular flexibility index (Phi) is 4.59. The number of hydrogen-bond donors (Lipinski definition) is 1. The van der Waals surface area contributed by atoms with Gasteiger partial charge in [-0.2, -0.15) is 0 Å². The topological polar surface area (TPSA) is 24.5 Å². The van der Waals surface area contributed by atoms with E-state index in [4.69, 9.17) is 4.74 Å². The normalized spacial score (nSPS) is 34.6. The molecule has 2 saturated heterocycles. The monoisotopic (exact) mass is 268 g/mol. The van der Waals surface area contributed by atoms with Gasteiger partial charge in [0.1, 0.15) is 0 Å². The second-order valence-corrected chi connectivity index (χ2v) is 7.50. The summed E-state index contributed by atoms with van der Waals surface area (Å²) in [6.07, 6.45) is 3.87. The Bertz CT molecular complexity index is 301. The minimum atomic E-state index is -0.0103. The molecule has 3 heteroatoms. The molecule has 0 aliphatic carbocycles. The van der Waals surface area contributed by atoms with E-state index in [9.17, 15) is 0 Å². The van der Waals surface area contributed by atoms with E-state index in [1.54, 1.807) is 0 Å². The van der Waals surface area contributed by atoms with E-state index in [0.717, 1.165) is 18.9 Å². The van der Waals surface area contributed by atoms with Crippen molar-refractivity contribution in [2.45, 2.75) is 71.1 Å². The third-order valence-electron chi connectivity index (χ3n) is 4.70. The fourth-order valence-electron chi connectivity index (χ4n) is 4.00. The molecule has 0 aromatic carbocycles. The highest BCUT2D eigenvalue weighted by molar-refractivity contribution is 5.01. The van der Waals surface area contributed by atoms with Gasteiger partial charge in [-0.25, -0.2) is 0 Å². The largest absolute Gasteiger partial charge is 0.368 e. The average molecular weight is 268 g/mol. The third kappa shape index (κ3) is 3.71. The number of rotatable bonds is 4. The van der Waals surface area contributed by atoms with Crippen LogP contribution in [0, 0.1) is 5.92 Å². The van der Waals surface area contributed by atoms with Gasteiger partial charge in [-0.3, -0.25) is 4.90 Å². The van der Waals surface area contributed by atoms with E-state index < -0.39 is 0 Å². The van der Waals surface area contributed by atoms with Gasteiger partial charge in [-0.05, 0) is 72.5 Å². The maximum Gasteiger partial charge on any atom is 0.0789 e. The van der Waals surface area contributed by atoms with E-state index in [0.29, 0.717) is 6.04 Å². The highest BCUT2D eigenvalue weighted by Crippen LogP contribution is 2.41. The van der Waals surface area contributed by atoms with Gasteiger partial charge in [0.05, 0.1) is 11.2 Å². The Labute approximate surface area is 119 Å². The van der Waals surface area contributed by atoms with Crippen molar-refractivity contribution in [1.82, 2.24) is 10.2 Å². The molecule has 2 unspecified atom stereocenters. The van der Waals surface area contributed by atoms with Crippen LogP contribution in [0.5, 0.6) is 0 Å². The summed E-state index contributed by atoms with van der Waals surface area (Å²) < 4.78 is 6.26. The summed E-state index contributed by atoms with van der Waals surface area (Å²) in [5.41, 5.74) is 0.0202. The zero-order valence-electron chi connectivity index (χ0n) is 13.5. The van der Waals surface area contributed by atoms with Crippen molar-refractivity contribution in [1.29, 1.82) is 0 Å². The molecule has 112 valence electrons. The smallest absolute Gasteiger partial charge is 0.0789 e. The molecule has 2 fully saturated rings. The molecule has 0 bridgehead atoms. The van der Waals surface area contributed by atoms with Gasteiger partial charge in [-0.15, -0.1) is 0 Å². The van der Waals surface area contributed by atoms with Crippen molar-refractivity contribution in [2.75, 3.05) is 26.2 Å². The fraction of sp³-hybridized carbons (Fsp3) is 1.00. The Balaban J connectivity index is 1.97. The summed E-state index contributed by atoms with van der Waals surface area (Å²) in [5.74, 6) is 0.813. The number of ether oxygens (including phenoxy) is 1. The second kappa shape index (κ2) is 5.71. The Hall–Kier alpha value is -0.120. The lowest BCUT2D eigenvalue weighted by Gasteiger charge is -2.41. The minimum absolute atomic E-state index is 0.0103. The lowest BCUT2D eigenvalue weighted by Crippen LogP contribution is -2.51. The van der Waals surface area contributed by atoms with Crippen LogP contribution < -0.4 is 5.32 Å². The summed E-state index contributed by atoms with van der Waals surface area (Å²) in [6.45, 7) is 15.9. The van der Waals surface area contributed by atoms with Crippen LogP contribution in [0.2, 0.25) is 0 Å². The summed E-state index contributed by atoms with van der Waals surface area (Å²) in [6, 6.07) is 0.576. The first-order valence-electron chi connectivity index (χ1n) is 7.99. The van der Waals surface area contributed by atoms with E-state index >= 15 is 0 Å². The van der Waals surface area contributed by atoms with Gasteiger partial charge in [0.25, 0.3) is 0 Å². The van der Waals surface area contributed by atoms with E-state index in [1.165, 1.54) is 32.5 Å². The molecule has 2 atom stereocenters. The first-order chi connectivity index (χ1) is 8.84. The van der Waals surface area contributed by atoms with Gasteiger partial charge >= 0.3 is 0 Å². The molecule has 0 saturated carbocycles. The highest BCUT2D eigenvalue weighted by atomic mass is 16.5. The van der Waals surface area contributed by atoms with Crippen LogP contribution in [0.1, 0.15) is 53.9 Å². The predicted molar refractivity (Wildman–Crippen MR) is 80.5 cm³/mol. The van der Waals surface area contributed by atoms with E-state index in [2.05, 4.69) is 44.8 Å². The molecular formula is C16H32N2O. The van der Waals surface area contributed by atoms with Crippen LogP contribution in [-0.2, 0) is 4.74 Å².